The minimum Gasteiger partial charge on any atom is -0.303 e. The molecule has 0 aliphatic carbocycles. The maximum atomic E-state index is 5.88. The lowest BCUT2D eigenvalue weighted by Crippen LogP contribution is -2.17. The maximum absolute atomic E-state index is 5.88. The average Bonchev–Trinajstić information content (AvgIpc) is 2.24. The van der Waals surface area contributed by atoms with Crippen molar-refractivity contribution in [1.82, 2.24) is 4.31 Å². The van der Waals surface area contributed by atoms with E-state index >= 15 is 0 Å². The minimum atomic E-state index is -1.39. The lowest BCUT2D eigenvalue weighted by molar-refractivity contribution is 0.733. The molecule has 0 bridgehead atoms. The van der Waals surface area contributed by atoms with Gasteiger partial charge in [-0.2, -0.15) is 0 Å². The summed E-state index contributed by atoms with van der Waals surface area (Å²) in [5.74, 6) is 0. The van der Waals surface area contributed by atoms with Gasteiger partial charge in [0.05, 0.1) is 5.69 Å². The van der Waals surface area contributed by atoms with E-state index in [1.54, 1.807) is 16.7 Å². The average molecular weight is 346 g/mol. The monoisotopic (exact) mass is 344 g/mol. The fourth-order valence-corrected chi connectivity index (χ4v) is 2.71. The van der Waals surface area contributed by atoms with Gasteiger partial charge < -0.3 is 4.31 Å². The van der Waals surface area contributed by atoms with Gasteiger partial charge in [-0.05, 0) is 37.6 Å². The summed E-state index contributed by atoms with van der Waals surface area (Å²) in [4.78, 5) is 4.35. The number of halogens is 4. The molecule has 0 fully saturated rings. The molecule has 0 atom stereocenters. The summed E-state index contributed by atoms with van der Waals surface area (Å²) in [5, 5.41) is 0.689. The standard InChI is InChI=1S/C11H12Cl4N2S/c1-3-17(18-11(13,14)15)7-16-10-5-4-9(12)6-8(10)2/h4-7H,3H2,1-2H3. The van der Waals surface area contributed by atoms with Gasteiger partial charge >= 0.3 is 0 Å². The van der Waals surface area contributed by atoms with Gasteiger partial charge in [0.2, 0.25) is 0 Å². The molecule has 0 aliphatic rings. The summed E-state index contributed by atoms with van der Waals surface area (Å²) in [6.07, 6.45) is 1.64. The van der Waals surface area contributed by atoms with Crippen molar-refractivity contribution >= 4 is 70.4 Å². The maximum Gasteiger partial charge on any atom is 0.256 e. The Morgan fingerprint density at radius 1 is 1.39 bits per heavy atom. The van der Waals surface area contributed by atoms with Crippen LogP contribution in [0.25, 0.3) is 0 Å². The molecule has 100 valence electrons. The summed E-state index contributed by atoms with van der Waals surface area (Å²) in [5.41, 5.74) is 1.83. The highest BCUT2D eigenvalue weighted by Crippen LogP contribution is 2.40. The molecule has 0 spiro atoms. The van der Waals surface area contributed by atoms with Crippen molar-refractivity contribution in [3.05, 3.63) is 28.8 Å². The van der Waals surface area contributed by atoms with Crippen molar-refractivity contribution in [3.8, 4) is 0 Å². The van der Waals surface area contributed by atoms with Crippen molar-refractivity contribution < 1.29 is 0 Å². The first-order valence-electron chi connectivity index (χ1n) is 5.14. The first kappa shape index (κ1) is 16.3. The van der Waals surface area contributed by atoms with Gasteiger partial charge in [0.25, 0.3) is 3.12 Å². The van der Waals surface area contributed by atoms with Crippen molar-refractivity contribution in [3.63, 3.8) is 0 Å². The minimum absolute atomic E-state index is 0.675. The van der Waals surface area contributed by atoms with Crippen molar-refractivity contribution in [2.24, 2.45) is 4.99 Å². The van der Waals surface area contributed by atoms with E-state index in [1.165, 1.54) is 0 Å². The van der Waals surface area contributed by atoms with Crippen LogP contribution >= 0.6 is 58.4 Å². The van der Waals surface area contributed by atoms with E-state index in [4.69, 9.17) is 46.4 Å². The Morgan fingerprint density at radius 2 is 2.06 bits per heavy atom. The molecule has 7 heteroatoms. The van der Waals surface area contributed by atoms with Crippen LogP contribution in [0.15, 0.2) is 23.2 Å². The van der Waals surface area contributed by atoms with Gasteiger partial charge in [0.1, 0.15) is 6.34 Å². The number of hydrogen-bond donors (Lipinski definition) is 0. The van der Waals surface area contributed by atoms with E-state index < -0.39 is 3.12 Å². The normalized spacial score (nSPS) is 12.1. The number of benzene rings is 1. The second-order valence-electron chi connectivity index (χ2n) is 3.45. The first-order chi connectivity index (χ1) is 8.31. The summed E-state index contributed by atoms with van der Waals surface area (Å²) in [7, 11) is 0. The Morgan fingerprint density at radius 3 is 2.56 bits per heavy atom. The Hall–Kier alpha value is 0.200. The molecule has 0 N–H and O–H groups in total. The summed E-state index contributed by atoms with van der Waals surface area (Å²) < 4.78 is 0.359. The molecule has 0 saturated carbocycles. The van der Waals surface area contributed by atoms with Crippen molar-refractivity contribution in [1.29, 1.82) is 0 Å². The van der Waals surface area contributed by atoms with Crippen LogP contribution < -0.4 is 0 Å². The van der Waals surface area contributed by atoms with Crippen LogP contribution in [0.4, 0.5) is 5.69 Å². The Bertz CT molecular complexity index is 432. The third kappa shape index (κ3) is 5.89. The summed E-state index contributed by atoms with van der Waals surface area (Å²) >= 11 is 24.1. The second kappa shape index (κ2) is 7.11. The third-order valence-corrected chi connectivity index (χ3v) is 3.67. The first-order valence-corrected chi connectivity index (χ1v) is 7.43. The van der Waals surface area contributed by atoms with Crippen LogP contribution in [0.3, 0.4) is 0 Å². The van der Waals surface area contributed by atoms with E-state index in [2.05, 4.69) is 4.99 Å². The molecular weight excluding hydrogens is 334 g/mol. The Balaban J connectivity index is 2.77. The van der Waals surface area contributed by atoms with Gasteiger partial charge in [0.15, 0.2) is 0 Å². The summed E-state index contributed by atoms with van der Waals surface area (Å²) in [6, 6.07) is 5.49. The predicted molar refractivity (Wildman–Crippen MR) is 84.6 cm³/mol. The zero-order chi connectivity index (χ0) is 13.8. The Labute approximate surface area is 131 Å². The molecule has 0 saturated heterocycles. The molecule has 0 unspecified atom stereocenters. The summed E-state index contributed by atoms with van der Waals surface area (Å²) in [6.45, 7) is 4.57. The molecule has 0 aromatic heterocycles. The predicted octanol–water partition coefficient (Wildman–Crippen LogP) is 5.61. The molecule has 2 nitrogen and oxygen atoms in total. The zero-order valence-corrected chi connectivity index (χ0v) is 13.7. The van der Waals surface area contributed by atoms with Crippen molar-refractivity contribution in [2.75, 3.05) is 6.54 Å². The van der Waals surface area contributed by atoms with Crippen LogP contribution in [-0.4, -0.2) is 20.3 Å². The molecule has 0 radical (unpaired) electrons. The molecule has 1 rings (SSSR count). The number of aryl methyl sites for hydroxylation is 1. The van der Waals surface area contributed by atoms with E-state index in [1.807, 2.05) is 26.0 Å². The molecular formula is C11H12Cl4N2S. The number of nitrogens with zero attached hydrogens (tertiary/aromatic N) is 2. The van der Waals surface area contributed by atoms with E-state index in [0.29, 0.717) is 11.6 Å². The highest BCUT2D eigenvalue weighted by atomic mass is 35.6. The lowest BCUT2D eigenvalue weighted by Gasteiger charge is -2.20. The topological polar surface area (TPSA) is 15.6 Å². The van der Waals surface area contributed by atoms with Crippen molar-refractivity contribution in [2.45, 2.75) is 17.0 Å². The molecule has 1 aromatic rings. The van der Waals surface area contributed by atoms with Crippen LogP contribution in [0.1, 0.15) is 12.5 Å². The number of rotatable bonds is 4. The van der Waals surface area contributed by atoms with Gasteiger partial charge in [-0.15, -0.1) is 0 Å². The fraction of sp³-hybridized carbons (Fsp3) is 0.364. The van der Waals surface area contributed by atoms with Gasteiger partial charge in [-0.3, -0.25) is 0 Å². The van der Waals surface area contributed by atoms with Crippen LogP contribution in [-0.2, 0) is 0 Å². The quantitative estimate of drug-likeness (QED) is 0.305. The number of hydrogen-bond acceptors (Lipinski definition) is 2. The largest absolute Gasteiger partial charge is 0.303 e. The second-order valence-corrected chi connectivity index (χ2v) is 8.10. The molecule has 1 aromatic carbocycles. The highest BCUT2D eigenvalue weighted by Gasteiger charge is 2.23. The van der Waals surface area contributed by atoms with E-state index in [-0.39, 0.29) is 0 Å². The van der Waals surface area contributed by atoms with Gasteiger partial charge in [0, 0.05) is 23.5 Å². The molecule has 0 aliphatic heterocycles. The molecule has 0 heterocycles. The molecule has 0 amide bonds. The Kier molecular flexibility index (Phi) is 6.42. The SMILES string of the molecule is CCN(C=Nc1ccc(Cl)cc1C)SC(Cl)(Cl)Cl. The zero-order valence-electron chi connectivity index (χ0n) is 9.83. The highest BCUT2D eigenvalue weighted by molar-refractivity contribution is 8.03. The smallest absolute Gasteiger partial charge is 0.256 e. The van der Waals surface area contributed by atoms with E-state index in [9.17, 15) is 0 Å². The van der Waals surface area contributed by atoms with Crippen LogP contribution in [0.5, 0.6) is 0 Å². The van der Waals surface area contributed by atoms with Crippen LogP contribution in [0, 0.1) is 6.92 Å². The van der Waals surface area contributed by atoms with Crippen LogP contribution in [0.2, 0.25) is 5.02 Å². The van der Waals surface area contributed by atoms with Gasteiger partial charge in [-0.25, -0.2) is 4.99 Å². The lowest BCUT2D eigenvalue weighted by atomic mass is 10.2. The fourth-order valence-electron chi connectivity index (χ4n) is 1.19. The molecule has 18 heavy (non-hydrogen) atoms. The number of alkyl halides is 3. The van der Waals surface area contributed by atoms with E-state index in [0.717, 1.165) is 23.2 Å². The van der Waals surface area contributed by atoms with Gasteiger partial charge in [-0.1, -0.05) is 46.4 Å². The number of aliphatic imine (C=N–C) groups is 1. The third-order valence-electron chi connectivity index (χ3n) is 2.02.